The van der Waals surface area contributed by atoms with Crippen molar-refractivity contribution in [1.82, 2.24) is 0 Å². The average molecular weight is 475 g/mol. The van der Waals surface area contributed by atoms with Crippen molar-refractivity contribution in [3.05, 3.63) is 59.9 Å². The number of ether oxygens (including phenoxy) is 1. The molecule has 33 heavy (non-hydrogen) atoms. The second kappa shape index (κ2) is 11.6. The maximum atomic E-state index is 13.3. The fraction of sp³-hybridized carbons (Fsp3) is 0.333. The van der Waals surface area contributed by atoms with Gasteiger partial charge in [-0.1, -0.05) is 32.9 Å². The lowest BCUT2D eigenvalue weighted by molar-refractivity contribution is -0.129. The number of benzene rings is 2. The summed E-state index contributed by atoms with van der Waals surface area (Å²) in [6, 6.07) is 11.9. The topological polar surface area (TPSA) is 107 Å². The van der Waals surface area contributed by atoms with Crippen molar-refractivity contribution in [2.75, 3.05) is 23.8 Å². The molecule has 0 aromatic heterocycles. The number of hydrogen-bond donors (Lipinski definition) is 1. The van der Waals surface area contributed by atoms with Crippen molar-refractivity contribution in [2.24, 2.45) is 11.1 Å². The van der Waals surface area contributed by atoms with E-state index in [4.69, 9.17) is 10.5 Å². The van der Waals surface area contributed by atoms with Gasteiger partial charge in [0.1, 0.15) is 5.82 Å². The van der Waals surface area contributed by atoms with Gasteiger partial charge in [0.2, 0.25) is 11.8 Å². The Morgan fingerprint density at radius 1 is 1.03 bits per heavy atom. The second-order valence-electron chi connectivity index (χ2n) is 8.27. The Morgan fingerprint density at radius 3 is 2.27 bits per heavy atom. The lowest BCUT2D eigenvalue weighted by atomic mass is 9.91. The molecule has 0 spiro atoms. The monoisotopic (exact) mass is 474 g/mol. The van der Waals surface area contributed by atoms with E-state index in [0.29, 0.717) is 10.6 Å². The number of hydrogen-bond acceptors (Lipinski definition) is 6. The fourth-order valence-corrected chi connectivity index (χ4v) is 3.56. The molecule has 0 bridgehead atoms. The minimum atomic E-state index is -0.660. The maximum absolute atomic E-state index is 13.3. The third-order valence-electron chi connectivity index (χ3n) is 4.65. The number of nitrogens with zero attached hydrogens (tertiary/aromatic N) is 1. The lowest BCUT2D eigenvalue weighted by Gasteiger charge is -2.22. The number of esters is 1. The summed E-state index contributed by atoms with van der Waals surface area (Å²) in [5.74, 6) is -2.29. The van der Waals surface area contributed by atoms with Crippen molar-refractivity contribution in [2.45, 2.75) is 32.1 Å². The molecule has 7 nitrogen and oxygen atoms in total. The molecule has 0 unspecified atom stereocenters. The number of carbonyl (C=O) groups excluding carboxylic acids is 4. The number of carbonyl (C=O) groups is 4. The molecule has 2 aromatic rings. The van der Waals surface area contributed by atoms with E-state index in [1.54, 1.807) is 45.0 Å². The van der Waals surface area contributed by atoms with E-state index >= 15 is 0 Å². The van der Waals surface area contributed by atoms with Crippen LogP contribution in [0.3, 0.4) is 0 Å². The van der Waals surface area contributed by atoms with Crippen molar-refractivity contribution in [1.29, 1.82) is 0 Å². The van der Waals surface area contributed by atoms with Crippen LogP contribution < -0.4 is 10.6 Å². The predicted molar refractivity (Wildman–Crippen MR) is 124 cm³/mol. The molecule has 0 radical (unpaired) electrons. The summed E-state index contributed by atoms with van der Waals surface area (Å²) in [4.78, 5) is 50.6. The van der Waals surface area contributed by atoms with Crippen LogP contribution in [0.25, 0.3) is 0 Å². The number of Topliss-reactive ketones (excluding diaryl/α,β-unsaturated/α-hetero) is 1. The van der Waals surface area contributed by atoms with E-state index in [-0.39, 0.29) is 42.6 Å². The zero-order valence-corrected chi connectivity index (χ0v) is 19.6. The average Bonchev–Trinajstić information content (AvgIpc) is 2.76. The Balaban J connectivity index is 2.11. The molecule has 0 saturated heterocycles. The highest BCUT2D eigenvalue weighted by molar-refractivity contribution is 8.00. The van der Waals surface area contributed by atoms with Crippen LogP contribution in [0.2, 0.25) is 0 Å². The summed E-state index contributed by atoms with van der Waals surface area (Å²) in [5, 5.41) is 0. The molecule has 0 aliphatic rings. The van der Waals surface area contributed by atoms with Gasteiger partial charge in [-0.15, -0.1) is 11.8 Å². The molecule has 0 aliphatic heterocycles. The summed E-state index contributed by atoms with van der Waals surface area (Å²) in [6.45, 7) is 4.92. The molecule has 2 N–H and O–H groups in total. The van der Waals surface area contributed by atoms with Crippen LogP contribution in [0.1, 0.15) is 37.6 Å². The van der Waals surface area contributed by atoms with Gasteiger partial charge in [0.15, 0.2) is 12.4 Å². The Labute approximate surface area is 196 Å². The number of thioether (sulfide) groups is 1. The van der Waals surface area contributed by atoms with Gasteiger partial charge < -0.3 is 15.4 Å². The first-order chi connectivity index (χ1) is 15.5. The predicted octanol–water partition coefficient (Wildman–Crippen LogP) is 3.60. The lowest BCUT2D eigenvalue weighted by Crippen LogP contribution is -2.35. The highest BCUT2D eigenvalue weighted by Crippen LogP contribution is 2.25. The SMILES string of the molecule is CC(C)(C)C(=O)COC(=O)c1ccccc1SCC(=O)N(CCC(N)=O)c1ccc(F)cc1. The van der Waals surface area contributed by atoms with Crippen molar-refractivity contribution < 1.29 is 28.3 Å². The van der Waals surface area contributed by atoms with Gasteiger partial charge in [0.05, 0.1) is 11.3 Å². The van der Waals surface area contributed by atoms with Gasteiger partial charge in [-0.25, -0.2) is 9.18 Å². The molecular weight excluding hydrogens is 447 g/mol. The van der Waals surface area contributed by atoms with Gasteiger partial charge in [-0.3, -0.25) is 14.4 Å². The fourth-order valence-electron chi connectivity index (χ4n) is 2.64. The van der Waals surface area contributed by atoms with E-state index < -0.39 is 23.1 Å². The Hall–Kier alpha value is -3.20. The summed E-state index contributed by atoms with van der Waals surface area (Å²) >= 11 is 1.12. The quantitative estimate of drug-likeness (QED) is 0.417. The second-order valence-corrected chi connectivity index (χ2v) is 9.29. The van der Waals surface area contributed by atoms with Crippen LogP contribution in [-0.2, 0) is 19.1 Å². The van der Waals surface area contributed by atoms with Gasteiger partial charge in [0.25, 0.3) is 0 Å². The third-order valence-corrected chi connectivity index (χ3v) is 5.71. The van der Waals surface area contributed by atoms with E-state index in [1.807, 2.05) is 0 Å². The summed E-state index contributed by atoms with van der Waals surface area (Å²) in [7, 11) is 0. The highest BCUT2D eigenvalue weighted by atomic mass is 32.2. The van der Waals surface area contributed by atoms with E-state index in [0.717, 1.165) is 11.8 Å². The van der Waals surface area contributed by atoms with E-state index in [2.05, 4.69) is 0 Å². The van der Waals surface area contributed by atoms with Crippen molar-refractivity contribution >= 4 is 41.0 Å². The van der Waals surface area contributed by atoms with Crippen LogP contribution in [0.5, 0.6) is 0 Å². The van der Waals surface area contributed by atoms with Gasteiger partial charge in [-0.05, 0) is 36.4 Å². The normalized spacial score (nSPS) is 11.0. The number of nitrogens with two attached hydrogens (primary N) is 1. The van der Waals surface area contributed by atoms with Gasteiger partial charge >= 0.3 is 5.97 Å². The van der Waals surface area contributed by atoms with Crippen molar-refractivity contribution in [3.8, 4) is 0 Å². The van der Waals surface area contributed by atoms with E-state index in [9.17, 15) is 23.6 Å². The molecule has 0 aliphatic carbocycles. The van der Waals surface area contributed by atoms with Crippen LogP contribution in [0.15, 0.2) is 53.4 Å². The zero-order chi connectivity index (χ0) is 24.6. The first kappa shape index (κ1) is 26.1. The third kappa shape index (κ3) is 8.02. The number of primary amides is 1. The molecular formula is C24H27FN2O5S. The van der Waals surface area contributed by atoms with Crippen LogP contribution in [0, 0.1) is 11.2 Å². The number of ketones is 1. The van der Waals surface area contributed by atoms with Crippen molar-refractivity contribution in [3.63, 3.8) is 0 Å². The minimum Gasteiger partial charge on any atom is -0.454 e. The Bertz CT molecular complexity index is 1020. The molecule has 2 aromatic carbocycles. The van der Waals surface area contributed by atoms with Crippen LogP contribution >= 0.6 is 11.8 Å². The van der Waals surface area contributed by atoms with E-state index in [1.165, 1.54) is 29.2 Å². The maximum Gasteiger partial charge on any atom is 0.339 e. The summed E-state index contributed by atoms with van der Waals surface area (Å²) in [6.07, 6.45) is -0.0570. The number of amides is 2. The number of halogens is 1. The standard InChI is InChI=1S/C24H27FN2O5S/c1-24(2,3)20(28)14-32-23(31)18-6-4-5-7-19(18)33-15-22(30)27(13-12-21(26)29)17-10-8-16(25)9-11-17/h4-11H,12-15H2,1-3H3,(H2,26,29). The molecule has 9 heteroatoms. The molecule has 0 saturated carbocycles. The first-order valence-electron chi connectivity index (χ1n) is 10.3. The number of anilines is 1. The zero-order valence-electron chi connectivity index (χ0n) is 18.8. The smallest absolute Gasteiger partial charge is 0.339 e. The number of rotatable bonds is 10. The largest absolute Gasteiger partial charge is 0.454 e. The van der Waals surface area contributed by atoms with Gasteiger partial charge in [0, 0.05) is 29.0 Å². The minimum absolute atomic E-state index is 0.0406. The summed E-state index contributed by atoms with van der Waals surface area (Å²) in [5.41, 5.74) is 5.26. The van der Waals surface area contributed by atoms with Gasteiger partial charge in [-0.2, -0.15) is 0 Å². The molecule has 2 rings (SSSR count). The molecule has 0 fully saturated rings. The Kier molecular flexibility index (Phi) is 9.16. The summed E-state index contributed by atoms with van der Waals surface area (Å²) < 4.78 is 18.5. The van der Waals surface area contributed by atoms with Crippen LogP contribution in [-0.4, -0.2) is 42.5 Å². The molecule has 176 valence electrons. The first-order valence-corrected chi connectivity index (χ1v) is 11.2. The molecule has 2 amide bonds. The molecule has 0 heterocycles. The molecule has 0 atom stereocenters. The Morgan fingerprint density at radius 2 is 1.67 bits per heavy atom. The van der Waals surface area contributed by atoms with Crippen LogP contribution in [0.4, 0.5) is 10.1 Å². The highest BCUT2D eigenvalue weighted by Gasteiger charge is 2.24.